The second kappa shape index (κ2) is 3.62. The van der Waals surface area contributed by atoms with Crippen LogP contribution >= 0.6 is 11.8 Å². The predicted octanol–water partition coefficient (Wildman–Crippen LogP) is 3.41. The van der Waals surface area contributed by atoms with Crippen molar-refractivity contribution in [3.63, 3.8) is 0 Å². The molecule has 0 radical (unpaired) electrons. The van der Waals surface area contributed by atoms with Crippen LogP contribution in [0.1, 0.15) is 26.3 Å². The molecule has 0 spiro atoms. The van der Waals surface area contributed by atoms with E-state index in [2.05, 4.69) is 26.8 Å². The summed E-state index contributed by atoms with van der Waals surface area (Å²) in [7, 11) is 0. The Kier molecular flexibility index (Phi) is 2.91. The fraction of sp³-hybridized carbons (Fsp3) is 0.455. The van der Waals surface area contributed by atoms with E-state index in [1.165, 1.54) is 5.56 Å². The maximum Gasteiger partial charge on any atom is 0.116 e. The minimum atomic E-state index is 0.100. The maximum atomic E-state index is 9.48. The van der Waals surface area contributed by atoms with Crippen LogP contribution in [-0.4, -0.2) is 11.4 Å². The lowest BCUT2D eigenvalue weighted by atomic mass is 9.87. The number of rotatable bonds is 1. The minimum Gasteiger partial charge on any atom is -0.508 e. The van der Waals surface area contributed by atoms with Crippen LogP contribution in [-0.2, 0) is 5.41 Å². The molecule has 0 bridgehead atoms. The highest BCUT2D eigenvalue weighted by molar-refractivity contribution is 7.98. The third-order valence-corrected chi connectivity index (χ3v) is 2.70. The largest absolute Gasteiger partial charge is 0.508 e. The Hall–Kier alpha value is -0.630. The zero-order valence-electron chi connectivity index (χ0n) is 8.59. The summed E-state index contributed by atoms with van der Waals surface area (Å²) in [5, 5.41) is 9.48. The fourth-order valence-corrected chi connectivity index (χ4v) is 1.62. The first-order valence-corrected chi connectivity index (χ1v) is 5.54. The summed E-state index contributed by atoms with van der Waals surface area (Å²) in [5.41, 5.74) is 1.28. The first kappa shape index (κ1) is 10.5. The van der Waals surface area contributed by atoms with Crippen molar-refractivity contribution in [1.29, 1.82) is 0 Å². The fourth-order valence-electron chi connectivity index (χ4n) is 1.13. The van der Waals surface area contributed by atoms with Gasteiger partial charge in [-0.2, -0.15) is 0 Å². The van der Waals surface area contributed by atoms with Gasteiger partial charge in [0.2, 0.25) is 0 Å². The molecule has 1 rings (SSSR count). The molecule has 1 N–H and O–H groups in total. The van der Waals surface area contributed by atoms with E-state index in [4.69, 9.17) is 0 Å². The van der Waals surface area contributed by atoms with Crippen LogP contribution in [0.5, 0.6) is 5.75 Å². The summed E-state index contributed by atoms with van der Waals surface area (Å²) in [4.78, 5) is 1.12. The van der Waals surface area contributed by atoms with Crippen LogP contribution in [0.25, 0.3) is 0 Å². The Morgan fingerprint density at radius 1 is 1.15 bits per heavy atom. The van der Waals surface area contributed by atoms with Crippen molar-refractivity contribution in [3.8, 4) is 5.75 Å². The summed E-state index contributed by atoms with van der Waals surface area (Å²) in [6.45, 7) is 6.43. The summed E-state index contributed by atoms with van der Waals surface area (Å²) < 4.78 is 0. The molecule has 1 nitrogen and oxygen atoms in total. The van der Waals surface area contributed by atoms with Gasteiger partial charge in [-0.25, -0.2) is 0 Å². The molecule has 0 unspecified atom stereocenters. The van der Waals surface area contributed by atoms with Crippen molar-refractivity contribution in [2.45, 2.75) is 31.1 Å². The molecule has 0 heterocycles. The standard InChI is InChI=1S/C11H16OS/c1-11(2,3)8-5-9(12)7-10(6-8)13-4/h5-7,12H,1-4H3. The van der Waals surface area contributed by atoms with E-state index in [0.717, 1.165) is 4.90 Å². The molecule has 0 aliphatic rings. The van der Waals surface area contributed by atoms with Crippen molar-refractivity contribution >= 4 is 11.8 Å². The van der Waals surface area contributed by atoms with Gasteiger partial charge in [-0.15, -0.1) is 11.8 Å². The van der Waals surface area contributed by atoms with Gasteiger partial charge in [0.1, 0.15) is 5.75 Å². The van der Waals surface area contributed by atoms with Crippen LogP contribution in [0.3, 0.4) is 0 Å². The van der Waals surface area contributed by atoms with Gasteiger partial charge >= 0.3 is 0 Å². The van der Waals surface area contributed by atoms with Crippen molar-refractivity contribution < 1.29 is 5.11 Å². The molecular formula is C11H16OS. The Bertz CT molecular complexity index is 299. The molecule has 0 saturated heterocycles. The van der Waals surface area contributed by atoms with Crippen molar-refractivity contribution in [1.82, 2.24) is 0 Å². The topological polar surface area (TPSA) is 20.2 Å². The lowest BCUT2D eigenvalue weighted by Gasteiger charge is -2.19. The van der Waals surface area contributed by atoms with E-state index in [1.54, 1.807) is 17.8 Å². The van der Waals surface area contributed by atoms with Gasteiger partial charge < -0.3 is 5.11 Å². The van der Waals surface area contributed by atoms with Crippen LogP contribution in [0.2, 0.25) is 0 Å². The quantitative estimate of drug-likeness (QED) is 0.695. The average molecular weight is 196 g/mol. The van der Waals surface area contributed by atoms with Gasteiger partial charge in [0.25, 0.3) is 0 Å². The third-order valence-electron chi connectivity index (χ3n) is 1.99. The SMILES string of the molecule is CSc1cc(O)cc(C(C)(C)C)c1. The molecule has 0 fully saturated rings. The summed E-state index contributed by atoms with van der Waals surface area (Å²) in [6.07, 6.45) is 2.02. The first-order chi connectivity index (χ1) is 5.93. The first-order valence-electron chi connectivity index (χ1n) is 4.32. The Labute approximate surface area is 84.2 Å². The molecule has 1 aromatic carbocycles. The summed E-state index contributed by atoms with van der Waals surface area (Å²) in [5.74, 6) is 0.358. The molecule has 0 aliphatic heterocycles. The van der Waals surface area contributed by atoms with E-state index in [-0.39, 0.29) is 5.41 Å². The van der Waals surface area contributed by atoms with Crippen LogP contribution in [0.15, 0.2) is 23.1 Å². The zero-order chi connectivity index (χ0) is 10.1. The highest BCUT2D eigenvalue weighted by atomic mass is 32.2. The smallest absolute Gasteiger partial charge is 0.116 e. The third kappa shape index (κ3) is 2.66. The zero-order valence-corrected chi connectivity index (χ0v) is 9.40. The van der Waals surface area contributed by atoms with E-state index in [1.807, 2.05) is 12.3 Å². The van der Waals surface area contributed by atoms with E-state index < -0.39 is 0 Å². The van der Waals surface area contributed by atoms with Gasteiger partial charge in [-0.05, 0) is 35.4 Å². The molecule has 72 valence electrons. The highest BCUT2D eigenvalue weighted by Crippen LogP contribution is 2.30. The average Bonchev–Trinajstić information content (AvgIpc) is 2.01. The van der Waals surface area contributed by atoms with Crippen molar-refractivity contribution in [2.75, 3.05) is 6.26 Å². The molecule has 0 atom stereocenters. The summed E-state index contributed by atoms with van der Waals surface area (Å²) in [6, 6.07) is 5.75. The monoisotopic (exact) mass is 196 g/mol. The number of thioether (sulfide) groups is 1. The lowest BCUT2D eigenvalue weighted by molar-refractivity contribution is 0.469. The number of phenols is 1. The van der Waals surface area contributed by atoms with Crippen LogP contribution in [0, 0.1) is 0 Å². The Morgan fingerprint density at radius 2 is 1.77 bits per heavy atom. The number of phenolic OH excluding ortho intramolecular Hbond substituents is 1. The second-order valence-corrected chi connectivity index (χ2v) is 5.05. The Morgan fingerprint density at radius 3 is 2.23 bits per heavy atom. The number of hydrogen-bond acceptors (Lipinski definition) is 2. The number of benzene rings is 1. The number of aromatic hydroxyl groups is 1. The van der Waals surface area contributed by atoms with E-state index in [0.29, 0.717) is 5.75 Å². The van der Waals surface area contributed by atoms with Crippen molar-refractivity contribution in [2.24, 2.45) is 0 Å². The maximum absolute atomic E-state index is 9.48. The van der Waals surface area contributed by atoms with Crippen LogP contribution < -0.4 is 0 Å². The van der Waals surface area contributed by atoms with E-state index in [9.17, 15) is 5.11 Å². The predicted molar refractivity (Wildman–Crippen MR) is 58.6 cm³/mol. The lowest BCUT2D eigenvalue weighted by Crippen LogP contribution is -2.10. The second-order valence-electron chi connectivity index (χ2n) is 4.17. The molecule has 0 amide bonds. The highest BCUT2D eigenvalue weighted by Gasteiger charge is 2.14. The normalized spacial score (nSPS) is 11.7. The molecule has 0 aliphatic carbocycles. The molecular weight excluding hydrogens is 180 g/mol. The molecule has 13 heavy (non-hydrogen) atoms. The van der Waals surface area contributed by atoms with Gasteiger partial charge in [-0.1, -0.05) is 20.8 Å². The number of hydrogen-bond donors (Lipinski definition) is 1. The minimum absolute atomic E-state index is 0.100. The van der Waals surface area contributed by atoms with E-state index >= 15 is 0 Å². The van der Waals surface area contributed by atoms with Gasteiger partial charge in [-0.3, -0.25) is 0 Å². The molecule has 2 heteroatoms. The Balaban J connectivity index is 3.16. The van der Waals surface area contributed by atoms with Crippen LogP contribution in [0.4, 0.5) is 0 Å². The van der Waals surface area contributed by atoms with Gasteiger partial charge in [0.15, 0.2) is 0 Å². The van der Waals surface area contributed by atoms with Gasteiger partial charge in [0, 0.05) is 4.90 Å². The van der Waals surface area contributed by atoms with Crippen molar-refractivity contribution in [3.05, 3.63) is 23.8 Å². The summed E-state index contributed by atoms with van der Waals surface area (Å²) >= 11 is 1.65. The molecule has 1 aromatic rings. The molecule has 0 aromatic heterocycles. The van der Waals surface area contributed by atoms with Gasteiger partial charge in [0.05, 0.1) is 0 Å². The molecule has 0 saturated carbocycles.